The smallest absolute Gasteiger partial charge is 0.339 e. The molecule has 1 aliphatic rings. The van der Waals surface area contributed by atoms with Gasteiger partial charge in [0.2, 0.25) is 5.88 Å². The quantitative estimate of drug-likeness (QED) is 0.757. The minimum atomic E-state index is -0.449. The summed E-state index contributed by atoms with van der Waals surface area (Å²) in [7, 11) is 0. The summed E-state index contributed by atoms with van der Waals surface area (Å²) in [6.07, 6.45) is 4.55. The molecule has 1 saturated carbocycles. The van der Waals surface area contributed by atoms with Crippen molar-refractivity contribution in [2.24, 2.45) is 5.92 Å². The molecule has 0 saturated heterocycles. The van der Waals surface area contributed by atoms with E-state index < -0.39 is 5.60 Å². The van der Waals surface area contributed by atoms with Crippen molar-refractivity contribution in [2.75, 3.05) is 6.61 Å². The Hall–Kier alpha value is -2.11. The van der Waals surface area contributed by atoms with Crippen LogP contribution in [0.5, 0.6) is 5.88 Å². The molecule has 1 aromatic heterocycles. The summed E-state index contributed by atoms with van der Waals surface area (Å²) >= 11 is 0. The van der Waals surface area contributed by atoms with Gasteiger partial charge in [-0.1, -0.05) is 0 Å². The van der Waals surface area contributed by atoms with Crippen molar-refractivity contribution < 1.29 is 23.8 Å². The van der Waals surface area contributed by atoms with Crippen LogP contribution in [0.25, 0.3) is 0 Å². The number of carbonyl (C=O) groups is 2. The number of esters is 2. The second-order valence-corrected chi connectivity index (χ2v) is 7.23. The Morgan fingerprint density at radius 3 is 2.36 bits per heavy atom. The Balaban J connectivity index is 1.82. The van der Waals surface area contributed by atoms with Gasteiger partial charge in [-0.3, -0.25) is 4.79 Å². The number of hydrogen-bond donors (Lipinski definition) is 0. The number of rotatable bonds is 5. The number of nitrogens with zero attached hydrogens (tertiary/aromatic N) is 1. The van der Waals surface area contributed by atoms with Crippen LogP contribution in [0.4, 0.5) is 0 Å². The van der Waals surface area contributed by atoms with Gasteiger partial charge in [0.05, 0.1) is 18.1 Å². The normalized spacial score (nSPS) is 20.6. The molecule has 0 aliphatic heterocycles. The molecule has 2 rings (SSSR count). The molecule has 0 aromatic carbocycles. The fourth-order valence-electron chi connectivity index (χ4n) is 2.76. The number of carbonyl (C=O) groups excluding carboxylic acids is 2. The molecule has 6 heteroatoms. The lowest BCUT2D eigenvalue weighted by Gasteiger charge is -2.29. The molecular weight excluding hydrogens is 322 g/mol. The standard InChI is InChI=1S/C19H27NO5/c1-5-23-17(21)14-8-11-16(20-12-14)24-15-9-6-13(7-10-15)18(22)25-19(2,3)4/h8,11-13,15H,5-7,9-10H2,1-4H3. The molecule has 0 unspecified atom stereocenters. The Bertz CT molecular complexity index is 583. The molecule has 1 aromatic rings. The number of pyridine rings is 1. The molecule has 0 bridgehead atoms. The van der Waals surface area contributed by atoms with Crippen LogP contribution in [0.1, 0.15) is 63.7 Å². The van der Waals surface area contributed by atoms with E-state index in [1.165, 1.54) is 6.20 Å². The zero-order valence-corrected chi connectivity index (χ0v) is 15.4. The fraction of sp³-hybridized carbons (Fsp3) is 0.632. The van der Waals surface area contributed by atoms with Crippen LogP contribution in [0, 0.1) is 5.92 Å². The zero-order chi connectivity index (χ0) is 18.4. The number of ether oxygens (including phenoxy) is 3. The molecule has 6 nitrogen and oxygen atoms in total. The van der Waals surface area contributed by atoms with Gasteiger partial charge in [0.15, 0.2) is 0 Å². The summed E-state index contributed by atoms with van der Waals surface area (Å²) in [6.45, 7) is 7.73. The number of hydrogen-bond acceptors (Lipinski definition) is 6. The van der Waals surface area contributed by atoms with E-state index in [9.17, 15) is 9.59 Å². The first-order valence-corrected chi connectivity index (χ1v) is 8.81. The predicted molar refractivity (Wildman–Crippen MR) is 92.4 cm³/mol. The van der Waals surface area contributed by atoms with Gasteiger partial charge in [-0.15, -0.1) is 0 Å². The second-order valence-electron chi connectivity index (χ2n) is 7.23. The first-order chi connectivity index (χ1) is 11.8. The van der Waals surface area contributed by atoms with Crippen molar-refractivity contribution in [2.45, 2.75) is 65.1 Å². The molecule has 0 spiro atoms. The van der Waals surface area contributed by atoms with E-state index in [1.54, 1.807) is 19.1 Å². The predicted octanol–water partition coefficient (Wildman–Crippen LogP) is 3.54. The minimum Gasteiger partial charge on any atom is -0.474 e. The largest absolute Gasteiger partial charge is 0.474 e. The van der Waals surface area contributed by atoms with E-state index in [0.29, 0.717) is 18.1 Å². The summed E-state index contributed by atoms with van der Waals surface area (Å²) in [5.74, 6) is -0.0886. The Labute approximate surface area is 148 Å². The van der Waals surface area contributed by atoms with E-state index in [-0.39, 0.29) is 24.0 Å². The van der Waals surface area contributed by atoms with Crippen molar-refractivity contribution in [1.29, 1.82) is 0 Å². The maximum atomic E-state index is 12.1. The lowest BCUT2D eigenvalue weighted by Crippen LogP contribution is -2.33. The third-order valence-electron chi connectivity index (χ3n) is 3.95. The fourth-order valence-corrected chi connectivity index (χ4v) is 2.76. The molecular formula is C19H27NO5. The van der Waals surface area contributed by atoms with E-state index in [0.717, 1.165) is 25.7 Å². The van der Waals surface area contributed by atoms with Crippen molar-refractivity contribution >= 4 is 11.9 Å². The first kappa shape index (κ1) is 19.2. The van der Waals surface area contributed by atoms with Gasteiger partial charge in [-0.25, -0.2) is 9.78 Å². The molecule has 1 fully saturated rings. The Morgan fingerprint density at radius 1 is 1.16 bits per heavy atom. The lowest BCUT2D eigenvalue weighted by atomic mass is 9.87. The molecule has 0 amide bonds. The van der Waals surface area contributed by atoms with Crippen molar-refractivity contribution in [1.82, 2.24) is 4.98 Å². The molecule has 1 heterocycles. The Kier molecular flexibility index (Phi) is 6.39. The molecule has 0 atom stereocenters. The molecule has 138 valence electrons. The lowest BCUT2D eigenvalue weighted by molar-refractivity contribution is -0.161. The highest BCUT2D eigenvalue weighted by molar-refractivity contribution is 5.89. The first-order valence-electron chi connectivity index (χ1n) is 8.81. The van der Waals surface area contributed by atoms with Crippen LogP contribution < -0.4 is 4.74 Å². The molecule has 25 heavy (non-hydrogen) atoms. The van der Waals surface area contributed by atoms with Gasteiger partial charge < -0.3 is 14.2 Å². The highest BCUT2D eigenvalue weighted by Gasteiger charge is 2.30. The van der Waals surface area contributed by atoms with Crippen molar-refractivity contribution in [3.05, 3.63) is 23.9 Å². The summed E-state index contributed by atoms with van der Waals surface area (Å²) in [6, 6.07) is 3.32. The van der Waals surface area contributed by atoms with E-state index in [1.807, 2.05) is 20.8 Å². The topological polar surface area (TPSA) is 74.7 Å². The van der Waals surface area contributed by atoms with Crippen molar-refractivity contribution in [3.8, 4) is 5.88 Å². The SMILES string of the molecule is CCOC(=O)c1ccc(OC2CCC(C(=O)OC(C)(C)C)CC2)nc1. The van der Waals surface area contributed by atoms with Crippen LogP contribution in [0.3, 0.4) is 0 Å². The van der Waals surface area contributed by atoms with Gasteiger partial charge in [-0.2, -0.15) is 0 Å². The van der Waals surface area contributed by atoms with E-state index >= 15 is 0 Å². The second kappa shape index (κ2) is 8.32. The van der Waals surface area contributed by atoms with Crippen LogP contribution in [-0.4, -0.2) is 35.2 Å². The minimum absolute atomic E-state index is 0.0274. The van der Waals surface area contributed by atoms with Gasteiger partial charge in [0, 0.05) is 12.3 Å². The average Bonchev–Trinajstić information content (AvgIpc) is 2.55. The highest BCUT2D eigenvalue weighted by Crippen LogP contribution is 2.29. The third-order valence-corrected chi connectivity index (χ3v) is 3.95. The van der Waals surface area contributed by atoms with Crippen LogP contribution >= 0.6 is 0 Å². The van der Waals surface area contributed by atoms with Gasteiger partial charge in [-0.05, 0) is 59.4 Å². The Morgan fingerprint density at radius 2 is 1.84 bits per heavy atom. The van der Waals surface area contributed by atoms with Gasteiger partial charge in [0.1, 0.15) is 11.7 Å². The average molecular weight is 349 g/mol. The molecule has 1 aliphatic carbocycles. The monoisotopic (exact) mass is 349 g/mol. The summed E-state index contributed by atoms with van der Waals surface area (Å²) in [5.41, 5.74) is -0.0440. The maximum absolute atomic E-state index is 12.1. The van der Waals surface area contributed by atoms with Gasteiger partial charge in [0.25, 0.3) is 0 Å². The molecule has 0 radical (unpaired) electrons. The van der Waals surface area contributed by atoms with Crippen LogP contribution in [0.15, 0.2) is 18.3 Å². The summed E-state index contributed by atoms with van der Waals surface area (Å²) in [4.78, 5) is 27.9. The van der Waals surface area contributed by atoms with Crippen molar-refractivity contribution in [3.63, 3.8) is 0 Å². The third kappa shape index (κ3) is 6.03. The van der Waals surface area contributed by atoms with Gasteiger partial charge >= 0.3 is 11.9 Å². The number of aromatic nitrogens is 1. The maximum Gasteiger partial charge on any atom is 0.339 e. The molecule has 0 N–H and O–H groups in total. The summed E-state index contributed by atoms with van der Waals surface area (Å²) < 4.78 is 16.2. The van der Waals surface area contributed by atoms with Crippen LogP contribution in [-0.2, 0) is 14.3 Å². The highest BCUT2D eigenvalue weighted by atomic mass is 16.6. The zero-order valence-electron chi connectivity index (χ0n) is 15.4. The summed E-state index contributed by atoms with van der Waals surface area (Å²) in [5, 5.41) is 0. The van der Waals surface area contributed by atoms with Crippen LogP contribution in [0.2, 0.25) is 0 Å². The van der Waals surface area contributed by atoms with E-state index in [4.69, 9.17) is 14.2 Å². The van der Waals surface area contributed by atoms with E-state index in [2.05, 4.69) is 4.98 Å².